The minimum atomic E-state index is -6.30. The number of nitrogens with one attached hydrogen (secondary N) is 3. The highest BCUT2D eigenvalue weighted by Crippen LogP contribution is 2.39. The second-order valence-electron chi connectivity index (χ2n) is 18.6. The minimum Gasteiger partial charge on any atom is -0.479 e. The number of hydrogen-bond acceptors (Lipinski definition) is 38. The van der Waals surface area contributed by atoms with E-state index in [4.69, 9.17) is 56.7 Å². The molecule has 6 aliphatic heterocycles. The van der Waals surface area contributed by atoms with Crippen LogP contribution in [-0.2, 0) is 155 Å². The largest absolute Gasteiger partial charge is 0.479 e. The quantitative estimate of drug-likeness (QED) is 0.0324. The van der Waals surface area contributed by atoms with Crippen LogP contribution in [0.1, 0.15) is 0 Å². The van der Waals surface area contributed by atoms with Crippen molar-refractivity contribution in [1.29, 1.82) is 0 Å². The Kier molecular flexibility index (Phi) is 23.8. The number of aliphatic carboxylic acids is 2. The van der Waals surface area contributed by atoms with Crippen molar-refractivity contribution in [2.45, 2.75) is 153 Å². The van der Waals surface area contributed by atoms with E-state index in [9.17, 15) is 136 Å². The molecule has 0 aromatic heterocycles. The molecule has 89 heavy (non-hydrogen) atoms. The van der Waals surface area contributed by atoms with Crippen LogP contribution in [0, 0.1) is 0 Å². The van der Waals surface area contributed by atoms with Gasteiger partial charge in [-0.25, -0.2) is 35.3 Å². The van der Waals surface area contributed by atoms with Gasteiger partial charge in [0, 0.05) is 7.11 Å². The number of carboxylic acid groups (broad SMARTS) is 2. The number of rotatable bonds is 28. The first-order chi connectivity index (χ1) is 40.5. The maximum atomic E-state index is 13.0. The number of aliphatic hydroxyl groups is 5. The van der Waals surface area contributed by atoms with Crippen LogP contribution in [0.25, 0.3) is 0 Å². The SMILES string of the molecule is CO[C@H]1O[C@H](COS(=O)(=O)O)[C@@H](O[C@@H]2O[C@@H](C(=O)O)C(O[C@H]3O[C@H](COS(=O)(=O)O)[C@@H](O[C@@H]4O[C@H](C(=O)O)[C@@H](O[C@H]5O[C@H](COS(=O)(=O)O)[C@@H](O)[C@@H]6OC(=O)N[C@@H]56)[C@H](O)[C@H]4O)[C@H](OS(=O)(=O)O)[C@H]3NS(=O)(=O)O)[C@H](O)[C@H]2OS(=O)(=O)O)[C@H](O)[C@H]1NS(=O)(=O)O. The molecule has 0 aromatic rings. The van der Waals surface area contributed by atoms with Crippen molar-refractivity contribution in [1.82, 2.24) is 14.8 Å². The molecule has 0 aromatic carbocycles. The molecule has 50 nitrogen and oxygen atoms in total. The second kappa shape index (κ2) is 28.3. The molecule has 6 heterocycles. The van der Waals surface area contributed by atoms with E-state index in [2.05, 4.69) is 26.2 Å². The number of amides is 1. The number of fused-ring (bicyclic) bond motifs is 1. The first-order valence-corrected chi connectivity index (χ1v) is 33.2. The third-order valence-corrected chi connectivity index (χ3v) is 16.0. The van der Waals surface area contributed by atoms with Gasteiger partial charge in [-0.2, -0.15) is 68.4 Å². The molecule has 6 saturated heterocycles. The second-order valence-corrected chi connectivity index (χ2v) is 26.4. The van der Waals surface area contributed by atoms with Crippen LogP contribution in [0.5, 0.6) is 0 Å². The molecule has 0 radical (unpaired) electrons. The van der Waals surface area contributed by atoms with Crippen LogP contribution in [0.4, 0.5) is 4.79 Å². The Bertz CT molecular complexity index is 3360. The van der Waals surface area contributed by atoms with Gasteiger partial charge in [0.2, 0.25) is 0 Å². The van der Waals surface area contributed by atoms with E-state index in [1.165, 1.54) is 4.72 Å². The Morgan fingerprint density at radius 2 is 0.865 bits per heavy atom. The Hall–Kier alpha value is -3.30. The average molecular weight is 1450 g/mol. The summed E-state index contributed by atoms with van der Waals surface area (Å²) >= 11 is 0. The summed E-state index contributed by atoms with van der Waals surface area (Å²) in [5.41, 5.74) is 0. The molecule has 17 N–H and O–H groups in total. The van der Waals surface area contributed by atoms with Crippen LogP contribution in [0.3, 0.4) is 0 Å². The monoisotopic (exact) mass is 1450 g/mol. The number of methoxy groups -OCH3 is 1. The zero-order valence-corrected chi connectivity index (χ0v) is 48.9. The van der Waals surface area contributed by atoms with Gasteiger partial charge in [0.1, 0.15) is 97.5 Å². The van der Waals surface area contributed by atoms with E-state index in [1.807, 2.05) is 0 Å². The number of aliphatic hydroxyl groups excluding tert-OH is 5. The average Bonchev–Trinajstić information content (AvgIpc) is 1.36. The number of ether oxygens (including phenoxy) is 11. The van der Waals surface area contributed by atoms with Gasteiger partial charge in [0.25, 0.3) is 0 Å². The first kappa shape index (κ1) is 74.7. The van der Waals surface area contributed by atoms with Gasteiger partial charge in [0.15, 0.2) is 55.9 Å². The normalized spacial score (nSPS) is 39.5. The number of carbonyl (C=O) groups excluding carboxylic acids is 1. The fourth-order valence-corrected chi connectivity index (χ4v) is 12.4. The van der Waals surface area contributed by atoms with Gasteiger partial charge in [-0.3, -0.25) is 31.9 Å². The van der Waals surface area contributed by atoms with Crippen molar-refractivity contribution in [3.63, 3.8) is 0 Å². The number of carbonyl (C=O) groups is 3. The van der Waals surface area contributed by atoms with Crippen LogP contribution in [0.2, 0.25) is 0 Å². The molecule has 0 saturated carbocycles. The molecule has 0 aliphatic carbocycles. The third kappa shape index (κ3) is 20.4. The molecule has 6 rings (SSSR count). The Morgan fingerprint density at radius 1 is 0.449 bits per heavy atom. The van der Waals surface area contributed by atoms with Crippen LogP contribution < -0.4 is 14.8 Å². The summed E-state index contributed by atoms with van der Waals surface area (Å²) in [7, 11) is -39.9. The third-order valence-electron chi connectivity index (χ3n) is 12.6. The molecule has 25 atom stereocenters. The maximum absolute atomic E-state index is 13.0. The van der Waals surface area contributed by atoms with Gasteiger partial charge in [-0.15, -0.1) is 0 Å². The molecule has 6 fully saturated rings. The van der Waals surface area contributed by atoms with Crippen molar-refractivity contribution in [3.05, 3.63) is 0 Å². The summed E-state index contributed by atoms with van der Waals surface area (Å²) in [6.45, 7) is -4.76. The predicted octanol–water partition coefficient (Wildman–Crippen LogP) is -12.4. The summed E-state index contributed by atoms with van der Waals surface area (Å²) in [5, 5.41) is 79.4. The summed E-state index contributed by atoms with van der Waals surface area (Å²) in [4.78, 5) is 38.0. The summed E-state index contributed by atoms with van der Waals surface area (Å²) in [6, 6.07) is -7.25. The highest BCUT2D eigenvalue weighted by molar-refractivity contribution is 7.84. The molecule has 518 valence electrons. The lowest BCUT2D eigenvalue weighted by Gasteiger charge is -2.50. The van der Waals surface area contributed by atoms with Gasteiger partial charge < -0.3 is 93.2 Å². The van der Waals surface area contributed by atoms with E-state index < -0.39 is 264 Å². The van der Waals surface area contributed by atoms with Gasteiger partial charge in [-0.1, -0.05) is 0 Å². The number of hydrogen-bond donors (Lipinski definition) is 17. The first-order valence-electron chi connectivity index (χ1n) is 23.5. The van der Waals surface area contributed by atoms with Crippen molar-refractivity contribution >= 4 is 90.6 Å². The lowest BCUT2D eigenvalue weighted by atomic mass is 9.94. The van der Waals surface area contributed by atoms with Crippen molar-refractivity contribution in [3.8, 4) is 0 Å². The lowest BCUT2D eigenvalue weighted by Crippen LogP contribution is -2.71. The van der Waals surface area contributed by atoms with Gasteiger partial charge in [0.05, 0.1) is 19.8 Å². The Labute approximate surface area is 497 Å². The molecular weight excluding hydrogens is 1400 g/mol. The zero-order valence-electron chi connectivity index (χ0n) is 43.1. The lowest BCUT2D eigenvalue weighted by molar-refractivity contribution is -0.372. The van der Waals surface area contributed by atoms with Gasteiger partial charge >= 0.3 is 90.6 Å². The minimum absolute atomic E-state index is 0.750. The fraction of sp³-hybridized carbons (Fsp3) is 0.906. The Balaban J connectivity index is 1.39. The van der Waals surface area contributed by atoms with Crippen molar-refractivity contribution in [2.75, 3.05) is 26.9 Å². The maximum Gasteiger partial charge on any atom is 0.408 e. The summed E-state index contributed by atoms with van der Waals surface area (Å²) in [5.74, 6) is -4.73. The predicted molar refractivity (Wildman–Crippen MR) is 255 cm³/mol. The molecule has 0 bridgehead atoms. The highest BCUT2D eigenvalue weighted by Gasteiger charge is 2.62. The number of carboxylic acids is 2. The zero-order chi connectivity index (χ0) is 67.2. The highest BCUT2D eigenvalue weighted by atomic mass is 32.3. The molecule has 57 heteroatoms. The van der Waals surface area contributed by atoms with Gasteiger partial charge in [-0.05, 0) is 0 Å². The smallest absolute Gasteiger partial charge is 0.408 e. The molecular formula is C32H51N3O47S7. The van der Waals surface area contributed by atoms with E-state index in [-0.39, 0.29) is 0 Å². The topological polar surface area (TPSA) is 757 Å². The fourth-order valence-electron chi connectivity index (χ4n) is 9.26. The van der Waals surface area contributed by atoms with E-state index in [1.54, 1.807) is 0 Å². The Morgan fingerprint density at radius 3 is 1.35 bits per heavy atom. The van der Waals surface area contributed by atoms with Crippen molar-refractivity contribution < 1.29 is 214 Å². The molecule has 1 unspecified atom stereocenters. The van der Waals surface area contributed by atoms with E-state index in [0.29, 0.717) is 0 Å². The van der Waals surface area contributed by atoms with Crippen molar-refractivity contribution in [2.24, 2.45) is 0 Å². The summed E-state index contributed by atoms with van der Waals surface area (Å²) < 4.78 is 318. The van der Waals surface area contributed by atoms with Crippen LogP contribution in [-0.4, -0.2) is 325 Å². The molecule has 0 spiro atoms. The molecule has 1 amide bonds. The van der Waals surface area contributed by atoms with Crippen LogP contribution >= 0.6 is 0 Å². The number of alkyl carbamates (subject to hydrolysis) is 1. The van der Waals surface area contributed by atoms with E-state index >= 15 is 0 Å². The standard InChI is InChI=1S/C32H51N3O47S7/c1-67-27-8(34-83(46,47)48)12(37)16(6(72-27)3-69-86(55,56)57)74-31-22(82-89(64,65)66)15(40)21(24(79-31)26(43)44)77-29-10(35-84(49,50)51)19(81-88(61,62)63)17(7(73-29)4-70-87(58,59)60)75-30-14(39)13(38)20(23(78-30)25(41)42)76-28-9-18(80-32(45)33-9)11(36)5(71-28)2-68-85(52,53)54/h5-24,27-31,34-40H,2-4H2,1H3,(H,33,45)(H,41,42)(H,43,44)(H,46,47,48)(H,49,50,51)(H,52,53,54)(H,55,56,57)(H,58,59,60)(H,61,62,63)(H,64,65,66)/t5-,6-,7-,8-,9-,10-,11-,12-,13-,14-,15+,16-,17-,18-,19-,20+,21?,22-,23+,24-,27+,28-,29-,30-,31-/m1/s1. The van der Waals surface area contributed by atoms with E-state index in [0.717, 1.165) is 11.8 Å². The van der Waals surface area contributed by atoms with Crippen LogP contribution in [0.15, 0.2) is 0 Å². The summed E-state index contributed by atoms with van der Waals surface area (Å²) in [6.07, 6.45) is -61.3. The molecule has 6 aliphatic rings.